The smallest absolute Gasteiger partial charge is 0.264 e. The Morgan fingerprint density at radius 1 is 0.898 bits per heavy atom. The lowest BCUT2D eigenvalue weighted by atomic mass is 9.81. The molecule has 2 bridgehead atoms. The largest absolute Gasteiger partial charge is 0.497 e. The first kappa shape index (κ1) is 31.6. The van der Waals surface area contributed by atoms with Crippen molar-refractivity contribution in [3.8, 4) is 17.0 Å². The second kappa shape index (κ2) is 11.8. The molecule has 6 aliphatic rings. The molecule has 2 amide bonds. The average molecular weight is 688 g/mol. The molecule has 3 aliphatic carbocycles. The van der Waals surface area contributed by atoms with E-state index in [4.69, 9.17) is 14.2 Å². The number of nitrogens with one attached hydrogen (secondary N) is 1. The maximum Gasteiger partial charge on any atom is 0.264 e. The number of aromatic nitrogens is 1. The standard InChI is InChI=1S/C38H45N3O7S/c1-46-27-12-14-29-31(16-27)32-17-38(32,37(43)41-25-18-47-20-26(41)21-48-19-25)22-40-33-15-24(36(42)39-49(44,45)28-9-5-6-10-28)11-13-30(33)34(35(29)40)23-7-3-2-4-8-23/h11-16,23,25-26,28,32H,2-10,17-22H2,1H3,(H,39,42). The van der Waals surface area contributed by atoms with E-state index in [0.29, 0.717) is 57.3 Å². The molecule has 3 aliphatic heterocycles. The molecule has 4 heterocycles. The minimum Gasteiger partial charge on any atom is -0.497 e. The summed E-state index contributed by atoms with van der Waals surface area (Å²) in [5, 5.41) is 0.552. The zero-order valence-corrected chi connectivity index (χ0v) is 28.9. The van der Waals surface area contributed by atoms with Gasteiger partial charge in [-0.3, -0.25) is 9.59 Å². The first-order valence-corrected chi connectivity index (χ1v) is 19.7. The summed E-state index contributed by atoms with van der Waals surface area (Å²) < 4.78 is 48.5. The third kappa shape index (κ3) is 5.05. The maximum atomic E-state index is 15.0. The van der Waals surface area contributed by atoms with Crippen molar-refractivity contribution < 1.29 is 32.2 Å². The molecule has 2 aromatic carbocycles. The van der Waals surface area contributed by atoms with E-state index >= 15 is 0 Å². The fourth-order valence-electron chi connectivity index (χ4n) is 9.88. The normalized spacial score (nSPS) is 28.3. The molecule has 11 heteroatoms. The van der Waals surface area contributed by atoms with E-state index in [0.717, 1.165) is 65.6 Å². The Balaban J connectivity index is 1.21. The molecule has 2 unspecified atom stereocenters. The predicted molar refractivity (Wildman–Crippen MR) is 184 cm³/mol. The van der Waals surface area contributed by atoms with Crippen LogP contribution in [0.3, 0.4) is 0 Å². The molecule has 3 saturated carbocycles. The van der Waals surface area contributed by atoms with Gasteiger partial charge in [-0.25, -0.2) is 13.1 Å². The van der Waals surface area contributed by atoms with Crippen LogP contribution in [0.15, 0.2) is 36.4 Å². The molecule has 9 rings (SSSR count). The predicted octanol–water partition coefficient (Wildman–Crippen LogP) is 5.48. The van der Waals surface area contributed by atoms with Gasteiger partial charge in [0.2, 0.25) is 15.9 Å². The van der Waals surface area contributed by atoms with Crippen LogP contribution >= 0.6 is 0 Å². The molecule has 49 heavy (non-hydrogen) atoms. The topological polar surface area (TPSA) is 116 Å². The third-order valence-electron chi connectivity index (χ3n) is 12.4. The summed E-state index contributed by atoms with van der Waals surface area (Å²) >= 11 is 0. The van der Waals surface area contributed by atoms with Gasteiger partial charge in [0.1, 0.15) is 5.75 Å². The van der Waals surface area contributed by atoms with Crippen LogP contribution in [0.2, 0.25) is 0 Å². The summed E-state index contributed by atoms with van der Waals surface area (Å²) in [5.74, 6) is 0.695. The zero-order valence-electron chi connectivity index (χ0n) is 28.1. The number of hydrogen-bond donors (Lipinski definition) is 1. The first-order chi connectivity index (χ1) is 23.8. The molecule has 5 fully saturated rings. The minimum atomic E-state index is -3.77. The van der Waals surface area contributed by atoms with Crippen molar-refractivity contribution in [3.05, 3.63) is 53.1 Å². The van der Waals surface area contributed by atoms with Crippen LogP contribution < -0.4 is 9.46 Å². The van der Waals surface area contributed by atoms with Crippen LogP contribution in [0, 0.1) is 5.41 Å². The van der Waals surface area contributed by atoms with Gasteiger partial charge >= 0.3 is 0 Å². The summed E-state index contributed by atoms with van der Waals surface area (Å²) in [6, 6.07) is 11.7. The number of methoxy groups -OCH3 is 1. The van der Waals surface area contributed by atoms with E-state index in [1.807, 2.05) is 18.2 Å². The Kier molecular flexibility index (Phi) is 7.63. The zero-order chi connectivity index (χ0) is 33.5. The Hall–Kier alpha value is -3.41. The monoisotopic (exact) mass is 687 g/mol. The summed E-state index contributed by atoms with van der Waals surface area (Å²) in [4.78, 5) is 30.7. The summed E-state index contributed by atoms with van der Waals surface area (Å²) in [6.45, 7) is 2.37. The van der Waals surface area contributed by atoms with Crippen molar-refractivity contribution >= 4 is 32.7 Å². The molecule has 1 N–H and O–H groups in total. The van der Waals surface area contributed by atoms with E-state index in [2.05, 4.69) is 26.3 Å². The Morgan fingerprint density at radius 2 is 1.59 bits per heavy atom. The second-order valence-corrected chi connectivity index (χ2v) is 17.2. The van der Waals surface area contributed by atoms with Crippen LogP contribution in [0.4, 0.5) is 0 Å². The fraction of sp³-hybridized carbons (Fsp3) is 0.579. The van der Waals surface area contributed by atoms with Crippen LogP contribution in [0.1, 0.15) is 97.5 Å². The number of carbonyl (C=O) groups is 2. The van der Waals surface area contributed by atoms with Gasteiger partial charge in [-0.2, -0.15) is 0 Å². The van der Waals surface area contributed by atoms with Gasteiger partial charge in [0.25, 0.3) is 5.91 Å². The molecule has 0 radical (unpaired) electrons. The van der Waals surface area contributed by atoms with Gasteiger partial charge in [-0.05, 0) is 79.5 Å². The van der Waals surface area contributed by atoms with E-state index in [-0.39, 0.29) is 23.9 Å². The molecule has 3 aromatic rings. The lowest BCUT2D eigenvalue weighted by molar-refractivity contribution is -0.173. The number of nitrogens with zero attached hydrogens (tertiary/aromatic N) is 2. The van der Waals surface area contributed by atoms with Gasteiger partial charge in [0.15, 0.2) is 0 Å². The van der Waals surface area contributed by atoms with Crippen molar-refractivity contribution in [2.75, 3.05) is 33.5 Å². The highest BCUT2D eigenvalue weighted by Crippen LogP contribution is 2.66. The molecule has 260 valence electrons. The number of morpholine rings is 2. The molecule has 2 saturated heterocycles. The summed E-state index contributed by atoms with van der Waals surface area (Å²) in [6.07, 6.45) is 9.34. The average Bonchev–Trinajstić information content (AvgIpc) is 3.42. The van der Waals surface area contributed by atoms with Crippen LogP contribution in [0.25, 0.3) is 22.2 Å². The minimum absolute atomic E-state index is 0.0202. The van der Waals surface area contributed by atoms with Gasteiger partial charge < -0.3 is 23.7 Å². The highest BCUT2D eigenvalue weighted by Gasteiger charge is 2.65. The number of benzene rings is 2. The molecule has 1 aromatic heterocycles. The van der Waals surface area contributed by atoms with Crippen molar-refractivity contribution in [1.29, 1.82) is 0 Å². The number of sulfonamides is 1. The Labute approximate surface area is 287 Å². The SMILES string of the molecule is COc1ccc2c(c1)C1CC1(C(=O)N1C3COCC1COC3)Cn1c-2c(C2CCCCC2)c2ccc(C(=O)NS(=O)(=O)C3CCCC3)cc21. The van der Waals surface area contributed by atoms with E-state index < -0.39 is 26.6 Å². The molecule has 0 spiro atoms. The highest BCUT2D eigenvalue weighted by atomic mass is 32.2. The van der Waals surface area contributed by atoms with Crippen molar-refractivity contribution in [3.63, 3.8) is 0 Å². The summed E-state index contributed by atoms with van der Waals surface area (Å²) in [5.41, 5.74) is 5.20. The Bertz CT molecular complexity index is 1920. The molecule has 2 atom stereocenters. The van der Waals surface area contributed by atoms with Crippen molar-refractivity contribution in [1.82, 2.24) is 14.2 Å². The first-order valence-electron chi connectivity index (χ1n) is 18.2. The lowest BCUT2D eigenvalue weighted by Crippen LogP contribution is -2.63. The molecular formula is C38H45N3O7S. The number of hydrogen-bond acceptors (Lipinski definition) is 7. The lowest BCUT2D eigenvalue weighted by Gasteiger charge is -2.47. The number of amides is 2. The van der Waals surface area contributed by atoms with Crippen molar-refractivity contribution in [2.24, 2.45) is 5.41 Å². The quantitative estimate of drug-likeness (QED) is 0.365. The van der Waals surface area contributed by atoms with Crippen LogP contribution in [-0.2, 0) is 30.8 Å². The van der Waals surface area contributed by atoms with E-state index in [1.165, 1.54) is 24.8 Å². The van der Waals surface area contributed by atoms with Gasteiger partial charge in [-0.15, -0.1) is 0 Å². The summed E-state index contributed by atoms with van der Waals surface area (Å²) in [7, 11) is -2.09. The number of carbonyl (C=O) groups excluding carboxylic acids is 2. The molecular weight excluding hydrogens is 642 g/mol. The van der Waals surface area contributed by atoms with E-state index in [9.17, 15) is 18.0 Å². The van der Waals surface area contributed by atoms with E-state index in [1.54, 1.807) is 13.2 Å². The Morgan fingerprint density at radius 3 is 2.29 bits per heavy atom. The van der Waals surface area contributed by atoms with Gasteiger partial charge in [-0.1, -0.05) is 38.2 Å². The maximum absolute atomic E-state index is 15.0. The highest BCUT2D eigenvalue weighted by molar-refractivity contribution is 7.90. The van der Waals surface area contributed by atoms with Crippen molar-refractivity contribution in [2.45, 2.75) is 99.9 Å². The van der Waals surface area contributed by atoms with Crippen LogP contribution in [0.5, 0.6) is 5.75 Å². The molecule has 10 nitrogen and oxygen atoms in total. The van der Waals surface area contributed by atoms with Gasteiger partial charge in [0, 0.05) is 34.5 Å². The number of fused-ring (bicyclic) bond motifs is 9. The van der Waals surface area contributed by atoms with Gasteiger partial charge in [0.05, 0.1) is 62.0 Å². The third-order valence-corrected chi connectivity index (χ3v) is 14.3. The van der Waals surface area contributed by atoms with Crippen LogP contribution in [-0.4, -0.2) is 80.6 Å². The second-order valence-electron chi connectivity index (χ2n) is 15.3. The number of rotatable bonds is 6. The fourth-order valence-corrected chi connectivity index (χ4v) is 11.4. The number of ether oxygens (including phenoxy) is 3.